The number of hydrogen-bond acceptors (Lipinski definition) is 4. The first-order valence-electron chi connectivity index (χ1n) is 8.71. The summed E-state index contributed by atoms with van der Waals surface area (Å²) in [5, 5.41) is 12.9. The van der Waals surface area contributed by atoms with Crippen molar-refractivity contribution in [2.45, 2.75) is 26.0 Å². The van der Waals surface area contributed by atoms with E-state index in [1.54, 1.807) is 44.3 Å². The molecule has 1 amide bonds. The monoisotopic (exact) mass is 362 g/mol. The number of ether oxygens (including phenoxy) is 1. The van der Waals surface area contributed by atoms with E-state index < -0.39 is 5.60 Å². The average Bonchev–Trinajstić information content (AvgIpc) is 2.67. The molecule has 0 unspecified atom stereocenters. The number of aliphatic hydroxyl groups is 1. The number of carbonyl (C=O) groups is 1. The Labute approximate surface area is 158 Å². The topological polar surface area (TPSA) is 71.5 Å². The predicted molar refractivity (Wildman–Crippen MR) is 104 cm³/mol. The van der Waals surface area contributed by atoms with Crippen molar-refractivity contribution in [2.75, 3.05) is 0 Å². The van der Waals surface area contributed by atoms with E-state index in [0.29, 0.717) is 17.9 Å². The van der Waals surface area contributed by atoms with Crippen molar-refractivity contribution in [2.24, 2.45) is 0 Å². The van der Waals surface area contributed by atoms with Crippen LogP contribution in [-0.4, -0.2) is 16.0 Å². The van der Waals surface area contributed by atoms with E-state index in [1.165, 1.54) is 0 Å². The van der Waals surface area contributed by atoms with Crippen LogP contribution < -0.4 is 10.1 Å². The highest BCUT2D eigenvalue weighted by molar-refractivity contribution is 5.96. The molecule has 0 aliphatic carbocycles. The Kier molecular flexibility index (Phi) is 5.52. The molecule has 0 atom stereocenters. The molecule has 0 aliphatic rings. The van der Waals surface area contributed by atoms with Gasteiger partial charge in [-0.3, -0.25) is 4.79 Å². The Bertz CT molecular complexity index is 901. The lowest BCUT2D eigenvalue weighted by Crippen LogP contribution is -2.23. The van der Waals surface area contributed by atoms with E-state index >= 15 is 0 Å². The summed E-state index contributed by atoms with van der Waals surface area (Å²) in [6.45, 7) is 3.84. The molecule has 1 aromatic heterocycles. The number of hydrogen-bond donors (Lipinski definition) is 2. The van der Waals surface area contributed by atoms with Gasteiger partial charge < -0.3 is 15.2 Å². The third kappa shape index (κ3) is 4.92. The number of carbonyl (C=O) groups excluding carboxylic acids is 1. The quantitative estimate of drug-likeness (QED) is 0.694. The van der Waals surface area contributed by atoms with E-state index in [9.17, 15) is 9.90 Å². The van der Waals surface area contributed by atoms with Crippen LogP contribution in [0, 0.1) is 0 Å². The molecule has 5 heteroatoms. The first kappa shape index (κ1) is 18.6. The van der Waals surface area contributed by atoms with Gasteiger partial charge in [-0.25, -0.2) is 4.98 Å². The molecule has 27 heavy (non-hydrogen) atoms. The van der Waals surface area contributed by atoms with Crippen LogP contribution >= 0.6 is 0 Å². The fraction of sp³-hybridized carbons (Fsp3) is 0.182. The predicted octanol–water partition coefficient (Wildman–Crippen LogP) is 4.03. The smallest absolute Gasteiger partial charge is 0.257 e. The van der Waals surface area contributed by atoms with E-state index in [2.05, 4.69) is 10.3 Å². The van der Waals surface area contributed by atoms with Gasteiger partial charge in [0, 0.05) is 12.7 Å². The molecule has 1 heterocycles. The summed E-state index contributed by atoms with van der Waals surface area (Å²) in [6, 6.07) is 20.1. The minimum absolute atomic E-state index is 0.263. The lowest BCUT2D eigenvalue weighted by Gasteiger charge is -2.18. The van der Waals surface area contributed by atoms with Gasteiger partial charge in [-0.05, 0) is 49.2 Å². The Hall–Kier alpha value is -3.18. The van der Waals surface area contributed by atoms with E-state index in [1.807, 2.05) is 42.5 Å². The molecule has 0 radical (unpaired) electrons. The molecular weight excluding hydrogens is 340 g/mol. The fourth-order valence-electron chi connectivity index (χ4n) is 2.55. The zero-order valence-electron chi connectivity index (χ0n) is 15.3. The van der Waals surface area contributed by atoms with Crippen LogP contribution in [0.5, 0.6) is 11.6 Å². The van der Waals surface area contributed by atoms with Crippen LogP contribution in [0.25, 0.3) is 0 Å². The first-order chi connectivity index (χ1) is 12.9. The second kappa shape index (κ2) is 8.01. The largest absolute Gasteiger partial charge is 0.438 e. The normalized spacial score (nSPS) is 11.1. The van der Waals surface area contributed by atoms with Crippen molar-refractivity contribution in [3.05, 3.63) is 89.6 Å². The zero-order valence-corrected chi connectivity index (χ0v) is 15.3. The second-order valence-corrected chi connectivity index (χ2v) is 6.71. The Balaban J connectivity index is 1.68. The number of para-hydroxylation sites is 1. The average molecular weight is 362 g/mol. The number of rotatable bonds is 6. The van der Waals surface area contributed by atoms with Crippen molar-refractivity contribution in [3.8, 4) is 11.6 Å². The minimum atomic E-state index is -0.888. The van der Waals surface area contributed by atoms with Gasteiger partial charge in [0.1, 0.15) is 11.3 Å². The Morgan fingerprint density at radius 3 is 2.41 bits per heavy atom. The van der Waals surface area contributed by atoms with Crippen LogP contribution in [0.1, 0.15) is 35.3 Å². The number of nitrogens with one attached hydrogen (secondary N) is 1. The molecule has 2 N–H and O–H groups in total. The number of aromatic nitrogens is 1. The summed E-state index contributed by atoms with van der Waals surface area (Å²) >= 11 is 0. The van der Waals surface area contributed by atoms with Gasteiger partial charge in [0.15, 0.2) is 0 Å². The number of benzene rings is 2. The highest BCUT2D eigenvalue weighted by Gasteiger charge is 2.16. The second-order valence-electron chi connectivity index (χ2n) is 6.71. The van der Waals surface area contributed by atoms with Crippen molar-refractivity contribution < 1.29 is 14.6 Å². The van der Waals surface area contributed by atoms with Crippen molar-refractivity contribution in [1.29, 1.82) is 0 Å². The van der Waals surface area contributed by atoms with E-state index in [4.69, 9.17) is 4.74 Å². The summed E-state index contributed by atoms with van der Waals surface area (Å²) in [6.07, 6.45) is 1.59. The zero-order chi connectivity index (χ0) is 19.3. The summed E-state index contributed by atoms with van der Waals surface area (Å²) in [5.74, 6) is 0.617. The van der Waals surface area contributed by atoms with E-state index in [-0.39, 0.29) is 11.8 Å². The molecule has 0 bridgehead atoms. The first-order valence-corrected chi connectivity index (χ1v) is 8.71. The van der Waals surface area contributed by atoms with Gasteiger partial charge in [0.2, 0.25) is 5.88 Å². The molecular formula is C22H22N2O3. The number of pyridine rings is 1. The van der Waals surface area contributed by atoms with Crippen molar-refractivity contribution in [1.82, 2.24) is 10.3 Å². The van der Waals surface area contributed by atoms with Gasteiger partial charge in [-0.1, -0.05) is 42.5 Å². The number of amides is 1. The highest BCUT2D eigenvalue weighted by Crippen LogP contribution is 2.23. The summed E-state index contributed by atoms with van der Waals surface area (Å²) in [7, 11) is 0. The molecule has 3 aromatic rings. The molecule has 138 valence electrons. The third-order valence-electron chi connectivity index (χ3n) is 4.09. The Morgan fingerprint density at radius 2 is 1.74 bits per heavy atom. The maximum Gasteiger partial charge on any atom is 0.257 e. The van der Waals surface area contributed by atoms with Crippen molar-refractivity contribution in [3.63, 3.8) is 0 Å². The lowest BCUT2D eigenvalue weighted by atomic mass is 9.97. The molecule has 0 aliphatic heterocycles. The van der Waals surface area contributed by atoms with Crippen LogP contribution in [0.15, 0.2) is 72.9 Å². The lowest BCUT2D eigenvalue weighted by molar-refractivity contribution is 0.0785. The molecule has 2 aromatic carbocycles. The van der Waals surface area contributed by atoms with Crippen LogP contribution in [0.3, 0.4) is 0 Å². The molecule has 3 rings (SSSR count). The molecule has 0 spiro atoms. The fourth-order valence-corrected chi connectivity index (χ4v) is 2.55. The summed E-state index contributed by atoms with van der Waals surface area (Å²) in [5.41, 5.74) is 1.24. The van der Waals surface area contributed by atoms with Gasteiger partial charge in [0.05, 0.1) is 5.60 Å². The SMILES string of the molecule is CC(C)(O)c1ccc(CNC(=O)c2cccnc2Oc2ccccc2)cc1. The minimum Gasteiger partial charge on any atom is -0.438 e. The van der Waals surface area contributed by atoms with Gasteiger partial charge in [-0.2, -0.15) is 0 Å². The highest BCUT2D eigenvalue weighted by atomic mass is 16.5. The number of nitrogens with zero attached hydrogens (tertiary/aromatic N) is 1. The summed E-state index contributed by atoms with van der Waals surface area (Å²) < 4.78 is 5.74. The van der Waals surface area contributed by atoms with Crippen molar-refractivity contribution >= 4 is 5.91 Å². The summed E-state index contributed by atoms with van der Waals surface area (Å²) in [4.78, 5) is 16.8. The van der Waals surface area contributed by atoms with Gasteiger partial charge in [-0.15, -0.1) is 0 Å². The molecule has 5 nitrogen and oxygen atoms in total. The van der Waals surface area contributed by atoms with Crippen LogP contribution in [-0.2, 0) is 12.1 Å². The van der Waals surface area contributed by atoms with Crippen LogP contribution in [0.4, 0.5) is 0 Å². The molecule has 0 saturated heterocycles. The van der Waals surface area contributed by atoms with Crippen LogP contribution in [0.2, 0.25) is 0 Å². The maximum absolute atomic E-state index is 12.6. The van der Waals surface area contributed by atoms with Gasteiger partial charge >= 0.3 is 0 Å². The molecule has 0 saturated carbocycles. The van der Waals surface area contributed by atoms with Gasteiger partial charge in [0.25, 0.3) is 5.91 Å². The van der Waals surface area contributed by atoms with E-state index in [0.717, 1.165) is 11.1 Å². The third-order valence-corrected chi connectivity index (χ3v) is 4.09. The standard InChI is InChI=1S/C22H22N2O3/c1-22(2,26)17-12-10-16(11-13-17)15-24-20(25)19-9-6-14-23-21(19)27-18-7-4-3-5-8-18/h3-14,26H,15H2,1-2H3,(H,24,25). The Morgan fingerprint density at radius 1 is 1.04 bits per heavy atom. The molecule has 0 fully saturated rings. The maximum atomic E-state index is 12.6.